The van der Waals surface area contributed by atoms with E-state index in [1.165, 1.54) is 0 Å². The normalized spacial score (nSPS) is 17.7. The summed E-state index contributed by atoms with van der Waals surface area (Å²) in [4.78, 5) is 18.4. The first kappa shape index (κ1) is 13.8. The second-order valence-electron chi connectivity index (χ2n) is 5.28. The number of nitrogens with zero attached hydrogens (tertiary/aromatic N) is 2. The minimum absolute atomic E-state index is 0.215. The molecule has 1 aliphatic heterocycles. The minimum atomic E-state index is -0.659. The lowest BCUT2D eigenvalue weighted by molar-refractivity contribution is 0.0519. The predicted octanol–water partition coefficient (Wildman–Crippen LogP) is 2.23. The first-order valence-electron chi connectivity index (χ1n) is 7.11. The average molecular weight is 286 g/mol. The summed E-state index contributed by atoms with van der Waals surface area (Å²) in [6.45, 7) is 4.45. The number of aryl methyl sites for hydroxylation is 2. The van der Waals surface area contributed by atoms with Gasteiger partial charge >= 0.3 is 0 Å². The molecule has 0 radical (unpaired) electrons. The van der Waals surface area contributed by atoms with Crippen LogP contribution in [0.1, 0.15) is 46.3 Å². The lowest BCUT2D eigenvalue weighted by atomic mass is 9.97. The molecule has 1 aliphatic rings. The molecule has 110 valence electrons. The number of aliphatic hydroxyl groups is 1. The van der Waals surface area contributed by atoms with Gasteiger partial charge in [0.2, 0.25) is 5.76 Å². The Morgan fingerprint density at radius 1 is 1.48 bits per heavy atom. The van der Waals surface area contributed by atoms with Gasteiger partial charge in [-0.2, -0.15) is 0 Å². The van der Waals surface area contributed by atoms with Crippen molar-refractivity contribution in [3.63, 3.8) is 0 Å². The van der Waals surface area contributed by atoms with E-state index in [0.29, 0.717) is 24.6 Å². The summed E-state index contributed by atoms with van der Waals surface area (Å²) >= 11 is 0. The first-order valence-corrected chi connectivity index (χ1v) is 7.11. The summed E-state index contributed by atoms with van der Waals surface area (Å²) in [6, 6.07) is 7.64. The van der Waals surface area contributed by atoms with E-state index < -0.39 is 6.10 Å². The van der Waals surface area contributed by atoms with Gasteiger partial charge < -0.3 is 14.4 Å². The van der Waals surface area contributed by atoms with E-state index in [0.717, 1.165) is 11.1 Å². The lowest BCUT2D eigenvalue weighted by Crippen LogP contribution is -2.38. The predicted molar refractivity (Wildman–Crippen MR) is 76.8 cm³/mol. The number of aliphatic hydroxyl groups excluding tert-OH is 1. The van der Waals surface area contributed by atoms with Crippen LogP contribution in [0.5, 0.6) is 0 Å². The highest BCUT2D eigenvalue weighted by Crippen LogP contribution is 2.27. The van der Waals surface area contributed by atoms with Crippen LogP contribution in [0.3, 0.4) is 0 Å². The second-order valence-corrected chi connectivity index (χ2v) is 5.28. The van der Waals surface area contributed by atoms with Crippen LogP contribution in [0, 0.1) is 6.92 Å². The van der Waals surface area contributed by atoms with Crippen molar-refractivity contribution < 1.29 is 14.3 Å². The molecule has 0 saturated heterocycles. The molecule has 1 aromatic carbocycles. The SMILES string of the molecule is CCc1nc(C)c(C(=O)N2Cc3ccccc3C(O)C2)o1. The molecule has 1 aromatic heterocycles. The van der Waals surface area contributed by atoms with Crippen molar-refractivity contribution in [2.45, 2.75) is 32.9 Å². The van der Waals surface area contributed by atoms with Crippen LogP contribution in [0.25, 0.3) is 0 Å². The molecule has 0 saturated carbocycles. The van der Waals surface area contributed by atoms with Crippen LogP contribution in [-0.4, -0.2) is 27.4 Å². The van der Waals surface area contributed by atoms with E-state index in [9.17, 15) is 9.90 Å². The number of β-amino-alcohol motifs (C(OH)–C–C–N with tert-alkyl or cyclic N) is 1. The number of rotatable bonds is 2. The Hall–Kier alpha value is -2.14. The third kappa shape index (κ3) is 2.45. The zero-order valence-electron chi connectivity index (χ0n) is 12.2. The second kappa shape index (κ2) is 5.33. The molecular weight excluding hydrogens is 268 g/mol. The van der Waals surface area contributed by atoms with Crippen molar-refractivity contribution in [3.05, 3.63) is 52.7 Å². The van der Waals surface area contributed by atoms with Crippen molar-refractivity contribution in [3.8, 4) is 0 Å². The number of hydrogen-bond donors (Lipinski definition) is 1. The molecule has 5 heteroatoms. The van der Waals surface area contributed by atoms with Gasteiger partial charge in [-0.15, -0.1) is 0 Å². The number of fused-ring (bicyclic) bond motifs is 1. The molecule has 0 bridgehead atoms. The smallest absolute Gasteiger partial charge is 0.291 e. The Labute approximate surface area is 123 Å². The molecular formula is C16H18N2O3. The van der Waals surface area contributed by atoms with Crippen LogP contribution >= 0.6 is 0 Å². The van der Waals surface area contributed by atoms with Gasteiger partial charge in [-0.25, -0.2) is 4.98 Å². The fourth-order valence-electron chi connectivity index (χ4n) is 2.68. The van der Waals surface area contributed by atoms with Crippen molar-refractivity contribution >= 4 is 5.91 Å². The summed E-state index contributed by atoms with van der Waals surface area (Å²) in [7, 11) is 0. The third-order valence-corrected chi connectivity index (χ3v) is 3.79. The largest absolute Gasteiger partial charge is 0.435 e. The summed E-state index contributed by atoms with van der Waals surface area (Å²) in [6.07, 6.45) is -0.00711. The maximum absolute atomic E-state index is 12.6. The zero-order valence-corrected chi connectivity index (χ0v) is 12.2. The average Bonchev–Trinajstić information content (AvgIpc) is 2.87. The van der Waals surface area contributed by atoms with Crippen molar-refractivity contribution in [2.75, 3.05) is 6.54 Å². The van der Waals surface area contributed by atoms with Crippen LogP contribution in [-0.2, 0) is 13.0 Å². The zero-order chi connectivity index (χ0) is 15.0. The van der Waals surface area contributed by atoms with E-state index in [1.807, 2.05) is 31.2 Å². The summed E-state index contributed by atoms with van der Waals surface area (Å²) in [5.74, 6) is 0.625. The minimum Gasteiger partial charge on any atom is -0.435 e. The molecule has 3 rings (SSSR count). The fourth-order valence-corrected chi connectivity index (χ4v) is 2.68. The van der Waals surface area contributed by atoms with Crippen molar-refractivity contribution in [2.24, 2.45) is 0 Å². The Morgan fingerprint density at radius 3 is 2.95 bits per heavy atom. The number of carbonyl (C=O) groups is 1. The van der Waals surface area contributed by atoms with E-state index in [-0.39, 0.29) is 18.2 Å². The van der Waals surface area contributed by atoms with Gasteiger partial charge in [0.15, 0.2) is 5.89 Å². The highest BCUT2D eigenvalue weighted by molar-refractivity contribution is 5.92. The quantitative estimate of drug-likeness (QED) is 0.919. The third-order valence-electron chi connectivity index (χ3n) is 3.79. The topological polar surface area (TPSA) is 66.6 Å². The summed E-state index contributed by atoms with van der Waals surface area (Å²) < 4.78 is 5.52. The Bertz CT molecular complexity index is 678. The van der Waals surface area contributed by atoms with Crippen molar-refractivity contribution in [1.82, 2.24) is 9.88 Å². The molecule has 21 heavy (non-hydrogen) atoms. The molecule has 0 aliphatic carbocycles. The van der Waals surface area contributed by atoms with E-state index in [2.05, 4.69) is 4.98 Å². The van der Waals surface area contributed by atoms with Gasteiger partial charge in [0, 0.05) is 13.0 Å². The summed E-state index contributed by atoms with van der Waals surface area (Å²) in [5, 5.41) is 10.2. The molecule has 0 fully saturated rings. The molecule has 5 nitrogen and oxygen atoms in total. The summed E-state index contributed by atoms with van der Waals surface area (Å²) in [5.41, 5.74) is 2.47. The first-order chi connectivity index (χ1) is 10.1. The highest BCUT2D eigenvalue weighted by Gasteiger charge is 2.30. The molecule has 1 amide bonds. The van der Waals surface area contributed by atoms with Gasteiger partial charge in [0.25, 0.3) is 5.91 Å². The van der Waals surface area contributed by atoms with Gasteiger partial charge in [-0.3, -0.25) is 4.79 Å². The standard InChI is InChI=1S/C16H18N2O3/c1-3-14-17-10(2)15(21-14)16(20)18-8-11-6-4-5-7-12(11)13(19)9-18/h4-7,13,19H,3,8-9H2,1-2H3. The molecule has 1 atom stereocenters. The van der Waals surface area contributed by atoms with Gasteiger partial charge in [0.1, 0.15) is 0 Å². The Morgan fingerprint density at radius 2 is 2.24 bits per heavy atom. The van der Waals surface area contributed by atoms with Gasteiger partial charge in [-0.1, -0.05) is 31.2 Å². The van der Waals surface area contributed by atoms with E-state index >= 15 is 0 Å². The molecule has 2 aromatic rings. The lowest BCUT2D eigenvalue weighted by Gasteiger charge is -2.31. The van der Waals surface area contributed by atoms with E-state index in [1.54, 1.807) is 11.8 Å². The maximum atomic E-state index is 12.6. The number of aromatic nitrogens is 1. The number of oxazole rings is 1. The Kier molecular flexibility index (Phi) is 3.51. The molecule has 1 unspecified atom stereocenters. The number of benzene rings is 1. The van der Waals surface area contributed by atoms with Crippen LogP contribution < -0.4 is 0 Å². The highest BCUT2D eigenvalue weighted by atomic mass is 16.4. The van der Waals surface area contributed by atoms with Crippen molar-refractivity contribution in [1.29, 1.82) is 0 Å². The Balaban J connectivity index is 1.88. The van der Waals surface area contributed by atoms with Gasteiger partial charge in [0.05, 0.1) is 18.3 Å². The van der Waals surface area contributed by atoms with E-state index in [4.69, 9.17) is 4.42 Å². The number of carbonyl (C=O) groups excluding carboxylic acids is 1. The van der Waals surface area contributed by atoms with Gasteiger partial charge in [-0.05, 0) is 18.1 Å². The monoisotopic (exact) mass is 286 g/mol. The number of amides is 1. The van der Waals surface area contributed by atoms with Crippen LogP contribution in [0.4, 0.5) is 0 Å². The maximum Gasteiger partial charge on any atom is 0.291 e. The number of hydrogen-bond acceptors (Lipinski definition) is 4. The molecule has 1 N–H and O–H groups in total. The molecule has 0 spiro atoms. The molecule has 2 heterocycles. The van der Waals surface area contributed by atoms with Crippen LogP contribution in [0.15, 0.2) is 28.7 Å². The fraction of sp³-hybridized carbons (Fsp3) is 0.375. The van der Waals surface area contributed by atoms with Crippen LogP contribution in [0.2, 0.25) is 0 Å².